The number of carbonyl (C=O) groups is 3. The third-order valence-electron chi connectivity index (χ3n) is 6.98. The van der Waals surface area contributed by atoms with Crippen LogP contribution in [0.2, 0.25) is 0 Å². The van der Waals surface area contributed by atoms with Gasteiger partial charge in [0.25, 0.3) is 0 Å². The quantitative estimate of drug-likeness (QED) is 0.164. The minimum Gasteiger partial charge on any atom is -0.444 e. The van der Waals surface area contributed by atoms with E-state index in [0.29, 0.717) is 21.7 Å². The number of sulfone groups is 1. The first-order chi connectivity index (χ1) is 23.2. The highest BCUT2D eigenvalue weighted by molar-refractivity contribution is 7.92. The van der Waals surface area contributed by atoms with Crippen molar-refractivity contribution in [3.05, 3.63) is 66.2 Å². The van der Waals surface area contributed by atoms with E-state index in [0.717, 1.165) is 0 Å². The summed E-state index contributed by atoms with van der Waals surface area (Å²) in [4.78, 5) is 48.3. The van der Waals surface area contributed by atoms with E-state index < -0.39 is 44.3 Å². The van der Waals surface area contributed by atoms with Crippen LogP contribution in [-0.2, 0) is 30.7 Å². The Kier molecular flexibility index (Phi) is 10.8. The highest BCUT2D eigenvalue weighted by atomic mass is 32.2. The van der Waals surface area contributed by atoms with E-state index in [1.165, 1.54) is 53.7 Å². The zero-order valence-electron chi connectivity index (χ0n) is 29.3. The predicted octanol–water partition coefficient (Wildman–Crippen LogP) is 7.05. The van der Waals surface area contributed by atoms with Crippen LogP contribution in [0.4, 0.5) is 19.8 Å². The normalized spacial score (nSPS) is 12.1. The van der Waals surface area contributed by atoms with E-state index in [2.05, 4.69) is 15.1 Å². The van der Waals surface area contributed by atoms with Crippen molar-refractivity contribution in [1.82, 2.24) is 20.0 Å². The van der Waals surface area contributed by atoms with Crippen molar-refractivity contribution in [3.8, 4) is 33.8 Å². The molecule has 13 nitrogen and oxygen atoms in total. The average molecular weight is 710 g/mol. The zero-order chi connectivity index (χ0) is 37.2. The Labute approximate surface area is 290 Å². The van der Waals surface area contributed by atoms with E-state index in [9.17, 15) is 22.8 Å². The molecule has 0 aliphatic rings. The second kappa shape index (κ2) is 14.4. The monoisotopic (exact) mass is 709 g/mol. The number of anilines is 1. The van der Waals surface area contributed by atoms with Gasteiger partial charge in [0.15, 0.2) is 21.4 Å². The topological polar surface area (TPSA) is 162 Å². The fourth-order valence-electron chi connectivity index (χ4n) is 4.52. The zero-order valence-corrected chi connectivity index (χ0v) is 30.2. The standard InChI is InChI=1S/C35H40FN5O8S/c1-21(2)50(45,46)24-11-13-28(37-18-24)23-15-26(31(38-17-23)41(20-42)33(44)48-35(6,7)8)30-16-29(39-49-30)25-12-10-22(14-27(25)36)19-40(9)32(43)47-34(3,4)5/h10-18,20-21H,19H2,1-9H3. The van der Waals surface area contributed by atoms with Gasteiger partial charge < -0.3 is 18.9 Å². The third-order valence-corrected chi connectivity index (χ3v) is 9.12. The molecule has 0 fully saturated rings. The molecule has 0 aliphatic heterocycles. The molecule has 0 saturated heterocycles. The molecular weight excluding hydrogens is 669 g/mol. The van der Waals surface area contributed by atoms with E-state index in [4.69, 9.17) is 14.0 Å². The molecule has 0 saturated carbocycles. The Balaban J connectivity index is 1.74. The Morgan fingerprint density at radius 2 is 1.56 bits per heavy atom. The van der Waals surface area contributed by atoms with Crippen LogP contribution in [0.25, 0.3) is 33.8 Å². The number of ether oxygens (including phenoxy) is 2. The van der Waals surface area contributed by atoms with Gasteiger partial charge in [-0.1, -0.05) is 11.2 Å². The van der Waals surface area contributed by atoms with Crippen molar-refractivity contribution in [3.63, 3.8) is 0 Å². The van der Waals surface area contributed by atoms with Crippen molar-refractivity contribution in [2.24, 2.45) is 0 Å². The fourth-order valence-corrected chi connectivity index (χ4v) is 5.53. The fraction of sp³-hybridized carbons (Fsp3) is 0.371. The number of hydrogen-bond acceptors (Lipinski definition) is 11. The van der Waals surface area contributed by atoms with Crippen LogP contribution in [0.1, 0.15) is 61.0 Å². The van der Waals surface area contributed by atoms with Crippen molar-refractivity contribution < 1.29 is 41.2 Å². The number of carbonyl (C=O) groups excluding carboxylic acids is 3. The molecule has 266 valence electrons. The number of amides is 3. The minimum absolute atomic E-state index is 0.0203. The van der Waals surface area contributed by atoms with Crippen LogP contribution in [-0.4, -0.2) is 70.5 Å². The largest absolute Gasteiger partial charge is 0.444 e. The number of pyridine rings is 2. The van der Waals surface area contributed by atoms with Crippen molar-refractivity contribution in [1.29, 1.82) is 0 Å². The Bertz CT molecular complexity index is 2000. The van der Waals surface area contributed by atoms with Crippen LogP contribution >= 0.6 is 0 Å². The maximum absolute atomic E-state index is 15.5. The molecular formula is C35H40FN5O8S. The molecule has 0 radical (unpaired) electrons. The van der Waals surface area contributed by atoms with Crippen molar-refractivity contribution >= 4 is 34.3 Å². The van der Waals surface area contributed by atoms with Gasteiger partial charge in [-0.2, -0.15) is 4.90 Å². The number of hydrogen-bond donors (Lipinski definition) is 0. The summed E-state index contributed by atoms with van der Waals surface area (Å²) in [7, 11) is -2.03. The van der Waals surface area contributed by atoms with Crippen LogP contribution in [0.15, 0.2) is 64.3 Å². The molecule has 0 unspecified atom stereocenters. The Hall–Kier alpha value is -5.18. The van der Waals surface area contributed by atoms with E-state index in [-0.39, 0.29) is 46.2 Å². The van der Waals surface area contributed by atoms with Crippen LogP contribution in [0.5, 0.6) is 0 Å². The Morgan fingerprint density at radius 3 is 2.12 bits per heavy atom. The summed E-state index contributed by atoms with van der Waals surface area (Å²) in [5.41, 5.74) is -0.124. The molecule has 3 amide bonds. The van der Waals surface area contributed by atoms with E-state index in [1.807, 2.05) is 0 Å². The van der Waals surface area contributed by atoms with Crippen LogP contribution in [0.3, 0.4) is 0 Å². The summed E-state index contributed by atoms with van der Waals surface area (Å²) in [6, 6.07) is 10.3. The highest BCUT2D eigenvalue weighted by Gasteiger charge is 2.29. The SMILES string of the molecule is CC(C)S(=O)(=O)c1ccc(-c2cnc(N(C=O)C(=O)OC(C)(C)C)c(-c3cc(-c4ccc(CN(C)C(=O)OC(C)(C)C)cc4F)no3)c2)nc1. The lowest BCUT2D eigenvalue weighted by Gasteiger charge is -2.24. The van der Waals surface area contributed by atoms with Gasteiger partial charge in [-0.25, -0.2) is 27.4 Å². The number of rotatable bonds is 9. The summed E-state index contributed by atoms with van der Waals surface area (Å²) in [5, 5.41) is 3.39. The summed E-state index contributed by atoms with van der Waals surface area (Å²) in [5.74, 6) is -0.788. The maximum Gasteiger partial charge on any atom is 0.422 e. The molecule has 0 spiro atoms. The molecule has 0 bridgehead atoms. The van der Waals surface area contributed by atoms with Gasteiger partial charge in [-0.15, -0.1) is 0 Å². The molecule has 1 aromatic carbocycles. The summed E-state index contributed by atoms with van der Waals surface area (Å²) in [6.45, 7) is 13.4. The molecule has 0 atom stereocenters. The minimum atomic E-state index is -3.57. The number of halogens is 1. The molecule has 0 N–H and O–H groups in total. The first-order valence-electron chi connectivity index (χ1n) is 15.6. The lowest BCUT2D eigenvalue weighted by Crippen LogP contribution is -2.36. The molecule has 50 heavy (non-hydrogen) atoms. The third kappa shape index (κ3) is 8.88. The predicted molar refractivity (Wildman–Crippen MR) is 183 cm³/mol. The van der Waals surface area contributed by atoms with Crippen LogP contribution in [0, 0.1) is 5.82 Å². The lowest BCUT2D eigenvalue weighted by molar-refractivity contribution is -0.107. The summed E-state index contributed by atoms with van der Waals surface area (Å²) < 4.78 is 57.0. The van der Waals surface area contributed by atoms with Crippen LogP contribution < -0.4 is 4.90 Å². The molecule has 0 aliphatic carbocycles. The Morgan fingerprint density at radius 1 is 0.900 bits per heavy atom. The average Bonchev–Trinajstić information content (AvgIpc) is 3.50. The summed E-state index contributed by atoms with van der Waals surface area (Å²) in [6.07, 6.45) is 1.27. The summed E-state index contributed by atoms with van der Waals surface area (Å²) >= 11 is 0. The molecule has 4 rings (SSSR count). The maximum atomic E-state index is 15.5. The second-order valence-electron chi connectivity index (χ2n) is 13.8. The van der Waals surface area contributed by atoms with Crippen molar-refractivity contribution in [2.75, 3.05) is 11.9 Å². The molecule has 15 heteroatoms. The number of benzene rings is 1. The smallest absolute Gasteiger partial charge is 0.422 e. The lowest BCUT2D eigenvalue weighted by atomic mass is 10.0. The number of aromatic nitrogens is 3. The van der Waals surface area contributed by atoms with Gasteiger partial charge in [0.1, 0.15) is 22.7 Å². The number of nitrogens with zero attached hydrogens (tertiary/aromatic N) is 5. The van der Waals surface area contributed by atoms with Gasteiger partial charge in [0, 0.05) is 43.2 Å². The van der Waals surface area contributed by atoms with E-state index >= 15 is 4.39 Å². The number of imide groups is 1. The van der Waals surface area contributed by atoms with Gasteiger partial charge in [-0.05, 0) is 91.3 Å². The first kappa shape index (κ1) is 37.6. The molecule has 3 aromatic heterocycles. The molecule has 3 heterocycles. The van der Waals surface area contributed by atoms with E-state index in [1.54, 1.807) is 68.5 Å². The van der Waals surface area contributed by atoms with Gasteiger partial charge in [0.2, 0.25) is 6.41 Å². The van der Waals surface area contributed by atoms with Crippen molar-refractivity contribution in [2.45, 2.75) is 83.3 Å². The first-order valence-corrected chi connectivity index (χ1v) is 17.1. The molecule has 4 aromatic rings. The second-order valence-corrected chi connectivity index (χ2v) is 16.3. The van der Waals surface area contributed by atoms with Gasteiger partial charge in [0.05, 0.1) is 21.4 Å². The van der Waals surface area contributed by atoms with Gasteiger partial charge in [-0.3, -0.25) is 9.78 Å². The van der Waals surface area contributed by atoms with Gasteiger partial charge >= 0.3 is 12.2 Å². The highest BCUT2D eigenvalue weighted by Crippen LogP contribution is 2.36.